The minimum absolute atomic E-state index is 0. The number of rotatable bonds is 14. The minimum Gasteiger partial charge on any atom is -0.0776 e. The van der Waals surface area contributed by atoms with E-state index >= 15 is 0 Å². The molecule has 0 N–H and O–H groups in total. The molecule has 0 unspecified atom stereocenters. The molecular formula is C98H280. The van der Waals surface area contributed by atoms with E-state index in [1.54, 1.807) is 0 Å². The summed E-state index contributed by atoms with van der Waals surface area (Å²) < 4.78 is 0. The maximum absolute atomic E-state index is 2.18. The Hall–Kier alpha value is 0. The Labute approximate surface area is 667 Å². The summed E-state index contributed by atoms with van der Waals surface area (Å²) in [6, 6.07) is 0. The SMILES string of the molecule is C.C.C.C.C.C.C.C.C.C.C.C.C.C.CC.CC.CC.CC.CC.CC.CC.CC.CC.CC.CC.CC.CC.CC.CCCC.CCCC.CCCC.CCCC.CCCC.CCCC.CCCC.CCCC.CCCC.CCCC.CCCC.CCCC.CCCC.CCCC. The van der Waals surface area contributed by atoms with Crippen molar-refractivity contribution < 1.29 is 0 Å². The van der Waals surface area contributed by atoms with Gasteiger partial charge in [0, 0.05) is 0 Å². The first-order chi connectivity index (χ1) is 40.8. The summed E-state index contributed by atoms with van der Waals surface area (Å²) in [6.45, 7) is 117. The number of hydrogen-bond donors (Lipinski definition) is 0. The Morgan fingerprint density at radius 1 is 0.0612 bits per heavy atom. The summed E-state index contributed by atoms with van der Waals surface area (Å²) in [7, 11) is 0. The summed E-state index contributed by atoms with van der Waals surface area (Å²) in [5, 5.41) is 0. The highest BCUT2D eigenvalue weighted by atomic mass is 13.7. The monoisotopic (exact) mass is 1460 g/mol. The van der Waals surface area contributed by atoms with Gasteiger partial charge in [-0.25, -0.2) is 0 Å². The largest absolute Gasteiger partial charge is 0.0776 e. The summed E-state index contributed by atoms with van der Waals surface area (Å²) >= 11 is 0. The number of unbranched alkanes of at least 4 members (excludes halogenated alkanes) is 14. The van der Waals surface area contributed by atoms with E-state index < -0.39 is 0 Å². The first-order valence-electron chi connectivity index (χ1n) is 40.8. The Morgan fingerprint density at radius 2 is 0.0714 bits per heavy atom. The molecule has 0 saturated carbocycles. The second kappa shape index (κ2) is 1140. The van der Waals surface area contributed by atoms with Crippen LogP contribution in [0.25, 0.3) is 0 Å². The van der Waals surface area contributed by atoms with Crippen molar-refractivity contribution in [2.45, 2.75) is 671 Å². The smallest absolute Gasteiger partial charge is 0.0564 e. The van der Waals surface area contributed by atoms with Crippen molar-refractivity contribution in [3.63, 3.8) is 0 Å². The van der Waals surface area contributed by atoms with Crippen LogP contribution in [-0.2, 0) is 0 Å². The molecule has 0 spiro atoms. The molecule has 0 saturated heterocycles. The predicted molar refractivity (Wildman–Crippen MR) is 541 cm³/mol. The van der Waals surface area contributed by atoms with Gasteiger partial charge in [-0.3, -0.25) is 0 Å². The van der Waals surface area contributed by atoms with Crippen molar-refractivity contribution in [2.24, 2.45) is 0 Å². The standard InChI is InChI=1S/14C4H10.14C2H6.14CH4/c14*1-3-4-2;14*1-2;;;;;;;;;;;;;;/h14*3-4H2,1-2H3;14*1-2H3;14*1H4. The molecular weight excluding hydrogens is 1180 g/mol. The van der Waals surface area contributed by atoms with Crippen LogP contribution in [0.4, 0.5) is 0 Å². The van der Waals surface area contributed by atoms with Gasteiger partial charge >= 0.3 is 0 Å². The minimum atomic E-state index is 0. The molecule has 0 rings (SSSR count). The Kier molecular flexibility index (Phi) is 3420. The fraction of sp³-hybridized carbons (Fsp3) is 1.00. The van der Waals surface area contributed by atoms with Crippen LogP contribution in [0.5, 0.6) is 0 Å². The van der Waals surface area contributed by atoms with Crippen LogP contribution < -0.4 is 0 Å². The van der Waals surface area contributed by atoms with E-state index in [-0.39, 0.29) is 104 Å². The van der Waals surface area contributed by atoms with Crippen molar-refractivity contribution in [3.05, 3.63) is 0 Å². The maximum Gasteiger partial charge on any atom is -0.0564 e. The lowest BCUT2D eigenvalue weighted by atomic mass is 10.4. The zero-order valence-corrected chi connectivity index (χ0v) is 75.8. The average molecular weight is 1460 g/mol. The van der Waals surface area contributed by atoms with Gasteiger partial charge in [0.15, 0.2) is 0 Å². The average Bonchev–Trinajstić information content (AvgIpc) is 3.64. The molecule has 0 aliphatic heterocycles. The van der Waals surface area contributed by atoms with E-state index in [0.29, 0.717) is 0 Å². The maximum atomic E-state index is 2.18. The predicted octanol–water partition coefficient (Wildman–Crippen LogP) is 48.6. The van der Waals surface area contributed by atoms with E-state index in [4.69, 9.17) is 0 Å². The van der Waals surface area contributed by atoms with Crippen LogP contribution in [0.15, 0.2) is 0 Å². The highest BCUT2D eigenvalue weighted by molar-refractivity contribution is 4.17. The molecule has 0 aliphatic rings. The second-order valence-electron chi connectivity index (χ2n) is 14.0. The molecule has 0 atom stereocenters. The molecule has 0 aromatic heterocycles. The summed E-state index contributed by atoms with van der Waals surface area (Å²) in [5.74, 6) is 0. The molecule has 0 heteroatoms. The van der Waals surface area contributed by atoms with Gasteiger partial charge in [-0.1, -0.05) is 671 Å². The normalized spacial score (nSPS) is 5.14. The van der Waals surface area contributed by atoms with Crippen molar-refractivity contribution >= 4 is 0 Å². The van der Waals surface area contributed by atoms with Gasteiger partial charge < -0.3 is 0 Å². The Bertz CT molecular complexity index is 135. The molecule has 0 aromatic carbocycles. The highest BCUT2D eigenvalue weighted by Crippen LogP contribution is 1.82. The number of hydrogen-bond acceptors (Lipinski definition) is 0. The Balaban J connectivity index is -0.00000000830. The van der Waals surface area contributed by atoms with Gasteiger partial charge in [0.05, 0.1) is 0 Å². The van der Waals surface area contributed by atoms with Crippen LogP contribution in [0.3, 0.4) is 0 Å². The van der Waals surface area contributed by atoms with E-state index in [1.165, 1.54) is 180 Å². The lowest BCUT2D eigenvalue weighted by Crippen LogP contribution is -1.47. The van der Waals surface area contributed by atoms with Crippen LogP contribution in [0, 0.1) is 0 Å². The van der Waals surface area contributed by atoms with Gasteiger partial charge in [-0.15, -0.1) is 0 Å². The van der Waals surface area contributed by atoms with Gasteiger partial charge in [0.1, 0.15) is 0 Å². The zero-order valence-electron chi connectivity index (χ0n) is 75.8. The fourth-order valence-electron chi connectivity index (χ4n) is 0. The molecule has 672 valence electrons. The van der Waals surface area contributed by atoms with E-state index in [9.17, 15) is 0 Å². The van der Waals surface area contributed by atoms with E-state index in [0.717, 1.165) is 0 Å². The van der Waals surface area contributed by atoms with Crippen LogP contribution in [0.2, 0.25) is 0 Å². The Morgan fingerprint density at radius 3 is 0.0714 bits per heavy atom. The highest BCUT2D eigenvalue weighted by Gasteiger charge is 1.61. The van der Waals surface area contributed by atoms with Crippen molar-refractivity contribution in [3.8, 4) is 0 Å². The van der Waals surface area contributed by atoms with Crippen LogP contribution in [0.1, 0.15) is 671 Å². The molecule has 0 nitrogen and oxygen atoms in total. The third-order valence-corrected chi connectivity index (χ3v) is 7.00. The molecule has 0 bridgehead atoms. The zero-order chi connectivity index (χ0) is 75.8. The van der Waals surface area contributed by atoms with Crippen LogP contribution >= 0.6 is 0 Å². The fourth-order valence-corrected chi connectivity index (χ4v) is 0. The first-order valence-corrected chi connectivity index (χ1v) is 40.8. The third kappa shape index (κ3) is 4420. The van der Waals surface area contributed by atoms with Gasteiger partial charge in [0.2, 0.25) is 0 Å². The van der Waals surface area contributed by atoms with Gasteiger partial charge in [-0.2, -0.15) is 0 Å². The van der Waals surface area contributed by atoms with Gasteiger partial charge in [0.25, 0.3) is 0 Å². The quantitative estimate of drug-likeness (QED) is 0.163. The molecule has 0 fully saturated rings. The van der Waals surface area contributed by atoms with Crippen LogP contribution in [-0.4, -0.2) is 0 Å². The molecule has 98 heavy (non-hydrogen) atoms. The summed E-state index contributed by atoms with van der Waals surface area (Å²) in [4.78, 5) is 0. The molecule has 0 heterocycles. The lowest BCUT2D eigenvalue weighted by Gasteiger charge is -1.68. The van der Waals surface area contributed by atoms with Crippen molar-refractivity contribution in [1.82, 2.24) is 0 Å². The lowest BCUT2D eigenvalue weighted by molar-refractivity contribution is 0.886. The van der Waals surface area contributed by atoms with Crippen molar-refractivity contribution in [1.29, 1.82) is 0 Å². The second-order valence-corrected chi connectivity index (χ2v) is 14.0. The third-order valence-electron chi connectivity index (χ3n) is 7.00. The first kappa shape index (κ1) is 294. The topological polar surface area (TPSA) is 0 Å². The summed E-state index contributed by atoms with van der Waals surface area (Å²) in [6.07, 6.45) is 36.9. The van der Waals surface area contributed by atoms with Crippen molar-refractivity contribution in [2.75, 3.05) is 0 Å². The molecule has 0 amide bonds. The molecule has 0 radical (unpaired) electrons. The summed E-state index contributed by atoms with van der Waals surface area (Å²) in [5.41, 5.74) is 0. The van der Waals surface area contributed by atoms with E-state index in [1.807, 2.05) is 194 Å². The van der Waals surface area contributed by atoms with Gasteiger partial charge in [-0.05, 0) is 0 Å². The van der Waals surface area contributed by atoms with E-state index in [2.05, 4.69) is 194 Å². The molecule has 0 aromatic rings. The molecule has 0 aliphatic carbocycles.